The van der Waals surface area contributed by atoms with Crippen molar-refractivity contribution in [2.75, 3.05) is 12.0 Å². The highest BCUT2D eigenvalue weighted by atomic mass is 79.9. The van der Waals surface area contributed by atoms with E-state index in [1.807, 2.05) is 26.0 Å². The number of sulfone groups is 1. The highest BCUT2D eigenvalue weighted by Gasteiger charge is 2.17. The summed E-state index contributed by atoms with van der Waals surface area (Å²) in [7, 11) is -2.97. The van der Waals surface area contributed by atoms with E-state index in [1.165, 1.54) is 6.26 Å². The lowest BCUT2D eigenvalue weighted by molar-refractivity contribution is 0.601. The lowest BCUT2D eigenvalue weighted by Crippen LogP contribution is -2.09. The van der Waals surface area contributed by atoms with Gasteiger partial charge in [-0.05, 0) is 36.6 Å². The van der Waals surface area contributed by atoms with E-state index >= 15 is 0 Å². The van der Waals surface area contributed by atoms with Gasteiger partial charge < -0.3 is 0 Å². The van der Waals surface area contributed by atoms with Crippen molar-refractivity contribution < 1.29 is 8.42 Å². The molecule has 0 aliphatic rings. The van der Waals surface area contributed by atoms with Gasteiger partial charge in [0.25, 0.3) is 0 Å². The fraction of sp³-hybridized carbons (Fsp3) is 0.455. The fourth-order valence-corrected chi connectivity index (χ4v) is 4.60. The van der Waals surface area contributed by atoms with Gasteiger partial charge in [-0.1, -0.05) is 37.9 Å². The fourth-order valence-electron chi connectivity index (χ4n) is 1.50. The molecule has 0 radical (unpaired) electrons. The molecule has 0 amide bonds. The summed E-state index contributed by atoms with van der Waals surface area (Å²) in [5, 5.41) is 0. The molecule has 1 unspecified atom stereocenters. The summed E-state index contributed by atoms with van der Waals surface area (Å²) in [5.74, 6) is 0.120. The molecule has 16 heavy (non-hydrogen) atoms. The van der Waals surface area contributed by atoms with Crippen molar-refractivity contribution in [2.45, 2.75) is 18.7 Å². The molecule has 2 nitrogen and oxygen atoms in total. The average Bonchev–Trinajstić information content (AvgIpc) is 2.08. The molecule has 90 valence electrons. The summed E-state index contributed by atoms with van der Waals surface area (Å²) in [6, 6.07) is 4.03. The van der Waals surface area contributed by atoms with E-state index in [2.05, 4.69) is 31.9 Å². The van der Waals surface area contributed by atoms with Crippen LogP contribution < -0.4 is 0 Å². The lowest BCUT2D eigenvalue weighted by atomic mass is 10.0. The zero-order valence-corrected chi connectivity index (χ0v) is 13.4. The van der Waals surface area contributed by atoms with Crippen LogP contribution in [-0.2, 0) is 9.84 Å². The van der Waals surface area contributed by atoms with Gasteiger partial charge in [0.1, 0.15) is 9.84 Å². The average molecular weight is 370 g/mol. The molecule has 0 bridgehead atoms. The van der Waals surface area contributed by atoms with Crippen molar-refractivity contribution in [3.05, 3.63) is 33.3 Å². The van der Waals surface area contributed by atoms with Crippen LogP contribution in [0.4, 0.5) is 0 Å². The summed E-state index contributed by atoms with van der Waals surface area (Å²) in [4.78, 5) is -0.144. The van der Waals surface area contributed by atoms with Gasteiger partial charge >= 0.3 is 0 Å². The van der Waals surface area contributed by atoms with Gasteiger partial charge in [-0.3, -0.25) is 0 Å². The Morgan fingerprint density at radius 1 is 1.25 bits per heavy atom. The maximum absolute atomic E-state index is 11.2. The molecular formula is C11H14Br2O2S. The van der Waals surface area contributed by atoms with Crippen LogP contribution >= 0.6 is 31.9 Å². The van der Waals surface area contributed by atoms with Gasteiger partial charge in [-0.25, -0.2) is 8.42 Å². The topological polar surface area (TPSA) is 34.1 Å². The largest absolute Gasteiger partial charge is 0.229 e. The normalized spacial score (nSPS) is 13.8. The quantitative estimate of drug-likeness (QED) is 0.763. The van der Waals surface area contributed by atoms with E-state index in [0.29, 0.717) is 0 Å². The van der Waals surface area contributed by atoms with Crippen LogP contribution in [0.2, 0.25) is 0 Å². The second-order valence-corrected chi connectivity index (χ2v) is 8.16. The Labute approximate surface area is 114 Å². The first-order chi connectivity index (χ1) is 7.20. The molecule has 1 atom stereocenters. The SMILES string of the molecule is Cc1cc(C(Br)CS(C)(=O)=O)c(C)cc1Br. The van der Waals surface area contributed by atoms with Gasteiger partial charge in [0.2, 0.25) is 0 Å². The minimum absolute atomic E-state index is 0.120. The number of alkyl halides is 1. The Bertz CT molecular complexity index is 495. The molecule has 0 N–H and O–H groups in total. The molecule has 1 aromatic carbocycles. The van der Waals surface area contributed by atoms with Crippen molar-refractivity contribution in [1.29, 1.82) is 0 Å². The van der Waals surface area contributed by atoms with Crippen molar-refractivity contribution in [1.82, 2.24) is 0 Å². The van der Waals surface area contributed by atoms with Crippen LogP contribution in [0.1, 0.15) is 21.5 Å². The van der Waals surface area contributed by atoms with Crippen LogP contribution in [0, 0.1) is 13.8 Å². The van der Waals surface area contributed by atoms with Crippen LogP contribution in [-0.4, -0.2) is 20.4 Å². The zero-order chi connectivity index (χ0) is 12.5. The molecule has 5 heteroatoms. The molecule has 0 fully saturated rings. The minimum Gasteiger partial charge on any atom is -0.229 e. The van der Waals surface area contributed by atoms with E-state index in [9.17, 15) is 8.42 Å². The third-order valence-corrected chi connectivity index (χ3v) is 5.37. The van der Waals surface area contributed by atoms with E-state index in [4.69, 9.17) is 0 Å². The van der Waals surface area contributed by atoms with E-state index in [1.54, 1.807) is 0 Å². The lowest BCUT2D eigenvalue weighted by Gasteiger charge is -2.14. The molecule has 0 spiro atoms. The standard InChI is InChI=1S/C11H14Br2O2S/c1-7-5-10(12)8(2)4-9(7)11(13)6-16(3,14)15/h4-5,11H,6H2,1-3H3. The first-order valence-electron chi connectivity index (χ1n) is 4.79. The first kappa shape index (κ1) is 14.2. The Balaban J connectivity index is 3.09. The maximum Gasteiger partial charge on any atom is 0.148 e. The molecule has 0 aliphatic carbocycles. The Kier molecular flexibility index (Phi) is 4.60. The Morgan fingerprint density at radius 2 is 1.81 bits per heavy atom. The summed E-state index contributed by atoms with van der Waals surface area (Å²) < 4.78 is 23.5. The molecule has 1 aromatic rings. The number of halogens is 2. The van der Waals surface area contributed by atoms with E-state index in [-0.39, 0.29) is 10.6 Å². The third-order valence-electron chi connectivity index (χ3n) is 2.33. The number of benzene rings is 1. The molecule has 0 aromatic heterocycles. The van der Waals surface area contributed by atoms with Crippen LogP contribution in [0.25, 0.3) is 0 Å². The van der Waals surface area contributed by atoms with E-state index in [0.717, 1.165) is 21.2 Å². The smallest absolute Gasteiger partial charge is 0.148 e. The van der Waals surface area contributed by atoms with Gasteiger partial charge in [0.05, 0.1) is 10.6 Å². The maximum atomic E-state index is 11.2. The molecule has 0 aliphatic heterocycles. The summed E-state index contributed by atoms with van der Waals surface area (Å²) >= 11 is 6.89. The summed E-state index contributed by atoms with van der Waals surface area (Å²) in [6.45, 7) is 3.98. The second-order valence-electron chi connectivity index (χ2n) is 4.02. The van der Waals surface area contributed by atoms with Gasteiger partial charge in [-0.2, -0.15) is 0 Å². The van der Waals surface area contributed by atoms with Crippen molar-refractivity contribution in [3.8, 4) is 0 Å². The van der Waals surface area contributed by atoms with Crippen LogP contribution in [0.3, 0.4) is 0 Å². The molecule has 1 rings (SSSR count). The minimum atomic E-state index is -2.97. The Hall–Kier alpha value is 0.130. The highest BCUT2D eigenvalue weighted by Crippen LogP contribution is 2.31. The van der Waals surface area contributed by atoms with Gasteiger partial charge in [0.15, 0.2) is 0 Å². The Morgan fingerprint density at radius 3 is 2.31 bits per heavy atom. The van der Waals surface area contributed by atoms with Crippen LogP contribution in [0.15, 0.2) is 16.6 Å². The van der Waals surface area contributed by atoms with Crippen molar-refractivity contribution in [2.24, 2.45) is 0 Å². The monoisotopic (exact) mass is 368 g/mol. The third kappa shape index (κ3) is 3.86. The predicted octanol–water partition coefficient (Wildman–Crippen LogP) is 3.55. The number of rotatable bonds is 3. The number of aryl methyl sites for hydroxylation is 2. The molecule has 0 saturated carbocycles. The van der Waals surface area contributed by atoms with Crippen molar-refractivity contribution >= 4 is 41.7 Å². The van der Waals surface area contributed by atoms with Gasteiger partial charge in [-0.15, -0.1) is 0 Å². The summed E-state index contributed by atoms with van der Waals surface area (Å²) in [6.07, 6.45) is 1.25. The van der Waals surface area contributed by atoms with Crippen molar-refractivity contribution in [3.63, 3.8) is 0 Å². The van der Waals surface area contributed by atoms with Crippen LogP contribution in [0.5, 0.6) is 0 Å². The first-order valence-corrected chi connectivity index (χ1v) is 8.56. The molecular weight excluding hydrogens is 356 g/mol. The zero-order valence-electron chi connectivity index (χ0n) is 9.42. The summed E-state index contributed by atoms with van der Waals surface area (Å²) in [5.41, 5.74) is 3.23. The second kappa shape index (κ2) is 5.19. The predicted molar refractivity (Wildman–Crippen MR) is 75.0 cm³/mol. The molecule has 0 heterocycles. The van der Waals surface area contributed by atoms with Gasteiger partial charge in [0, 0.05) is 10.7 Å². The highest BCUT2D eigenvalue weighted by molar-refractivity contribution is 9.10. The number of hydrogen-bond donors (Lipinski definition) is 0. The number of hydrogen-bond acceptors (Lipinski definition) is 2. The molecule has 0 saturated heterocycles. The van der Waals surface area contributed by atoms with E-state index < -0.39 is 9.84 Å².